The Kier molecular flexibility index (Phi) is 2.41. The van der Waals surface area contributed by atoms with Crippen LogP contribution in [0.4, 0.5) is 0 Å². The third kappa shape index (κ3) is 1.39. The normalized spacial score (nSPS) is 18.8. The molecule has 2 rings (SSSR count). The monoisotopic (exact) mass is 211 g/mol. The van der Waals surface area contributed by atoms with E-state index in [4.69, 9.17) is 22.1 Å². The smallest absolute Gasteiger partial charge is 0.137 e. The summed E-state index contributed by atoms with van der Waals surface area (Å²) in [5, 5.41) is 0.664. The second kappa shape index (κ2) is 3.44. The number of methoxy groups -OCH3 is 1. The predicted molar refractivity (Wildman–Crippen MR) is 57.7 cm³/mol. The van der Waals surface area contributed by atoms with Crippen LogP contribution in [0, 0.1) is 0 Å². The molecule has 1 aliphatic carbocycles. The molecule has 0 unspecified atom stereocenters. The average Bonchev–Trinajstić information content (AvgIpc) is 2.15. The van der Waals surface area contributed by atoms with Crippen molar-refractivity contribution >= 4 is 11.6 Å². The van der Waals surface area contributed by atoms with Gasteiger partial charge in [0, 0.05) is 5.54 Å². The van der Waals surface area contributed by atoms with Gasteiger partial charge < -0.3 is 10.5 Å². The Hall–Kier alpha value is -0.730. The first-order valence-electron chi connectivity index (χ1n) is 4.79. The number of halogens is 1. The van der Waals surface area contributed by atoms with Gasteiger partial charge in [0.25, 0.3) is 0 Å². The Bertz CT molecular complexity index is 347. The predicted octanol–water partition coefficient (Wildman–Crippen LogP) is 2.69. The van der Waals surface area contributed by atoms with E-state index in [-0.39, 0.29) is 5.54 Å². The molecule has 1 fully saturated rings. The average molecular weight is 212 g/mol. The molecule has 0 bridgehead atoms. The summed E-state index contributed by atoms with van der Waals surface area (Å²) in [5.74, 6) is 0.709. The molecule has 0 saturated heterocycles. The van der Waals surface area contributed by atoms with Crippen molar-refractivity contribution in [3.63, 3.8) is 0 Å². The third-order valence-electron chi connectivity index (χ3n) is 2.97. The highest BCUT2D eigenvalue weighted by atomic mass is 35.5. The van der Waals surface area contributed by atoms with Gasteiger partial charge in [0.05, 0.1) is 12.1 Å². The minimum absolute atomic E-state index is 0.217. The molecule has 1 aliphatic rings. The van der Waals surface area contributed by atoms with E-state index in [1.807, 2.05) is 18.2 Å². The maximum absolute atomic E-state index is 6.21. The first kappa shape index (κ1) is 9.81. The lowest BCUT2D eigenvalue weighted by Crippen LogP contribution is -2.43. The second-order valence-electron chi connectivity index (χ2n) is 3.83. The molecule has 1 aromatic carbocycles. The highest BCUT2D eigenvalue weighted by Crippen LogP contribution is 2.44. The molecule has 14 heavy (non-hydrogen) atoms. The summed E-state index contributed by atoms with van der Waals surface area (Å²) in [6, 6.07) is 5.78. The van der Waals surface area contributed by atoms with Crippen molar-refractivity contribution < 1.29 is 4.74 Å². The molecule has 0 atom stereocenters. The van der Waals surface area contributed by atoms with E-state index >= 15 is 0 Å². The highest BCUT2D eigenvalue weighted by Gasteiger charge is 2.36. The van der Waals surface area contributed by atoms with Crippen LogP contribution in [0.5, 0.6) is 5.75 Å². The Morgan fingerprint density at radius 3 is 2.64 bits per heavy atom. The van der Waals surface area contributed by atoms with Crippen LogP contribution in [0.1, 0.15) is 24.8 Å². The summed E-state index contributed by atoms with van der Waals surface area (Å²) < 4.78 is 5.16. The Balaban J connectivity index is 2.43. The second-order valence-corrected chi connectivity index (χ2v) is 4.21. The quantitative estimate of drug-likeness (QED) is 0.817. The van der Waals surface area contributed by atoms with E-state index in [0.29, 0.717) is 10.8 Å². The number of hydrogen-bond acceptors (Lipinski definition) is 2. The lowest BCUT2D eigenvalue weighted by Gasteiger charge is -2.39. The van der Waals surface area contributed by atoms with E-state index in [9.17, 15) is 0 Å². The largest absolute Gasteiger partial charge is 0.495 e. The minimum Gasteiger partial charge on any atom is -0.495 e. The van der Waals surface area contributed by atoms with E-state index < -0.39 is 0 Å². The standard InChI is InChI=1S/C11H14ClNO/c1-14-9-5-2-4-8(10(9)12)11(13)6-3-7-11/h2,4-5H,3,6-7,13H2,1H3. The molecule has 2 nitrogen and oxygen atoms in total. The van der Waals surface area contributed by atoms with Crippen molar-refractivity contribution in [2.45, 2.75) is 24.8 Å². The van der Waals surface area contributed by atoms with Gasteiger partial charge in [-0.15, -0.1) is 0 Å². The summed E-state index contributed by atoms with van der Waals surface area (Å²) in [7, 11) is 1.62. The topological polar surface area (TPSA) is 35.2 Å². The summed E-state index contributed by atoms with van der Waals surface area (Å²) in [5.41, 5.74) is 7.01. The summed E-state index contributed by atoms with van der Waals surface area (Å²) in [6.07, 6.45) is 3.21. The fraction of sp³-hybridized carbons (Fsp3) is 0.455. The molecule has 3 heteroatoms. The maximum atomic E-state index is 6.21. The lowest BCUT2D eigenvalue weighted by atomic mass is 9.73. The first-order chi connectivity index (χ1) is 6.67. The molecule has 2 N–H and O–H groups in total. The molecule has 1 saturated carbocycles. The minimum atomic E-state index is -0.217. The number of hydrogen-bond donors (Lipinski definition) is 1. The fourth-order valence-electron chi connectivity index (χ4n) is 1.88. The van der Waals surface area contributed by atoms with Crippen LogP contribution >= 0.6 is 11.6 Å². The van der Waals surface area contributed by atoms with E-state index in [1.54, 1.807) is 7.11 Å². The Morgan fingerprint density at radius 2 is 2.14 bits per heavy atom. The van der Waals surface area contributed by atoms with Crippen molar-refractivity contribution in [3.05, 3.63) is 28.8 Å². The SMILES string of the molecule is COc1cccc(C2(N)CCC2)c1Cl. The van der Waals surface area contributed by atoms with Crippen molar-refractivity contribution in [2.24, 2.45) is 5.73 Å². The number of benzene rings is 1. The van der Waals surface area contributed by atoms with Crippen LogP contribution in [-0.2, 0) is 5.54 Å². The number of nitrogens with two attached hydrogens (primary N) is 1. The molecule has 76 valence electrons. The van der Waals surface area contributed by atoms with Crippen molar-refractivity contribution in [2.75, 3.05) is 7.11 Å². The van der Waals surface area contributed by atoms with Gasteiger partial charge in [0.15, 0.2) is 0 Å². The molecular formula is C11H14ClNO. The maximum Gasteiger partial charge on any atom is 0.137 e. The number of ether oxygens (including phenoxy) is 1. The molecule has 0 heterocycles. The molecule has 0 aliphatic heterocycles. The van der Waals surface area contributed by atoms with Crippen molar-refractivity contribution in [1.29, 1.82) is 0 Å². The van der Waals surface area contributed by atoms with Crippen molar-refractivity contribution in [3.8, 4) is 5.75 Å². The van der Waals surface area contributed by atoms with Gasteiger partial charge in [-0.2, -0.15) is 0 Å². The Morgan fingerprint density at radius 1 is 1.43 bits per heavy atom. The van der Waals surface area contributed by atoms with Gasteiger partial charge in [0.2, 0.25) is 0 Å². The van der Waals surface area contributed by atoms with Gasteiger partial charge in [-0.25, -0.2) is 0 Å². The molecule has 0 aromatic heterocycles. The molecule has 0 amide bonds. The summed E-state index contributed by atoms with van der Waals surface area (Å²) in [6.45, 7) is 0. The number of rotatable bonds is 2. The summed E-state index contributed by atoms with van der Waals surface area (Å²) in [4.78, 5) is 0. The third-order valence-corrected chi connectivity index (χ3v) is 3.36. The molecule has 0 spiro atoms. The molecule has 0 radical (unpaired) electrons. The van der Waals surface area contributed by atoms with Gasteiger partial charge in [-0.05, 0) is 30.9 Å². The van der Waals surface area contributed by atoms with Crippen LogP contribution in [-0.4, -0.2) is 7.11 Å². The van der Waals surface area contributed by atoms with Crippen molar-refractivity contribution in [1.82, 2.24) is 0 Å². The zero-order valence-corrected chi connectivity index (χ0v) is 8.97. The lowest BCUT2D eigenvalue weighted by molar-refractivity contribution is 0.253. The van der Waals surface area contributed by atoms with Gasteiger partial charge in [-0.3, -0.25) is 0 Å². The Labute approximate surface area is 89.0 Å². The summed E-state index contributed by atoms with van der Waals surface area (Å²) >= 11 is 6.20. The molecule has 1 aromatic rings. The van der Waals surface area contributed by atoms with Gasteiger partial charge >= 0.3 is 0 Å². The van der Waals surface area contributed by atoms with Crippen LogP contribution in [0.25, 0.3) is 0 Å². The fourth-order valence-corrected chi connectivity index (χ4v) is 2.27. The van der Waals surface area contributed by atoms with Crippen LogP contribution in [0.15, 0.2) is 18.2 Å². The van der Waals surface area contributed by atoms with E-state index in [2.05, 4.69) is 0 Å². The first-order valence-corrected chi connectivity index (χ1v) is 5.17. The zero-order chi connectivity index (χ0) is 10.2. The molecular weight excluding hydrogens is 198 g/mol. The van der Waals surface area contributed by atoms with Gasteiger partial charge in [0.1, 0.15) is 5.75 Å². The highest BCUT2D eigenvalue weighted by molar-refractivity contribution is 6.33. The van der Waals surface area contributed by atoms with Gasteiger partial charge in [-0.1, -0.05) is 23.7 Å². The van der Waals surface area contributed by atoms with Crippen LogP contribution < -0.4 is 10.5 Å². The van der Waals surface area contributed by atoms with Crippen LogP contribution in [0.3, 0.4) is 0 Å². The van der Waals surface area contributed by atoms with E-state index in [0.717, 1.165) is 18.4 Å². The van der Waals surface area contributed by atoms with E-state index in [1.165, 1.54) is 6.42 Å². The zero-order valence-electron chi connectivity index (χ0n) is 8.22. The van der Waals surface area contributed by atoms with Crippen LogP contribution in [0.2, 0.25) is 5.02 Å².